The summed E-state index contributed by atoms with van der Waals surface area (Å²) in [5, 5.41) is 74.0. The Morgan fingerprint density at radius 2 is 1.65 bits per heavy atom. The molecule has 1 aromatic carbocycles. The van der Waals surface area contributed by atoms with Crippen LogP contribution in [0.15, 0.2) is 41.7 Å². The number of carbonyl (C=O) groups is 1. The van der Waals surface area contributed by atoms with Crippen molar-refractivity contribution in [3.8, 4) is 0 Å². The Balaban J connectivity index is 1.29. The van der Waals surface area contributed by atoms with Crippen LogP contribution in [0.5, 0.6) is 0 Å². The quantitative estimate of drug-likeness (QED) is 0.0479. The van der Waals surface area contributed by atoms with Crippen molar-refractivity contribution in [3.63, 3.8) is 0 Å². The zero-order valence-electron chi connectivity index (χ0n) is 50.8. The van der Waals surface area contributed by atoms with Gasteiger partial charge in [-0.3, -0.25) is 4.79 Å². The van der Waals surface area contributed by atoms with Gasteiger partial charge < -0.3 is 77.9 Å². The molecular formula is C58H94FN5O18S. The van der Waals surface area contributed by atoms with Crippen molar-refractivity contribution >= 4 is 27.1 Å². The molecule has 5 heterocycles. The van der Waals surface area contributed by atoms with Gasteiger partial charge in [-0.05, 0) is 84.6 Å². The Morgan fingerprint density at radius 1 is 0.952 bits per heavy atom. The fraction of sp³-hybridized carbons (Fsp3) is 0.793. The summed E-state index contributed by atoms with van der Waals surface area (Å²) in [5.74, 6) is -4.60. The molecule has 0 radical (unpaired) electrons. The highest BCUT2D eigenvalue weighted by molar-refractivity contribution is 7.92. The van der Waals surface area contributed by atoms with E-state index in [1.54, 1.807) is 91.9 Å². The Bertz CT molecular complexity index is 2560. The van der Waals surface area contributed by atoms with Gasteiger partial charge in [-0.1, -0.05) is 68.4 Å². The van der Waals surface area contributed by atoms with E-state index < -0.39 is 143 Å². The maximum atomic E-state index is 15.0. The van der Waals surface area contributed by atoms with E-state index >= 15 is 0 Å². The topological polar surface area (TPSA) is 291 Å². The van der Waals surface area contributed by atoms with E-state index in [2.05, 4.69) is 15.5 Å². The molecule has 0 amide bonds. The molecule has 5 N–H and O–H groups in total. The Kier molecular flexibility index (Phi) is 24.2. The van der Waals surface area contributed by atoms with E-state index in [-0.39, 0.29) is 49.9 Å². The number of hydrogen-bond acceptors (Lipinski definition) is 22. The molecule has 4 aliphatic rings. The standard InChI is InChI=1S/C58H94FN5O18S/c1-15-45-58(10,70)51(66)35(4)47(61-77-32-76-24-23-73-12)33(2)27-56(8,69)53(36(5)49(37(6)54(68)80-45)81-46-28-57(9,75-14)52(67)38(7)79-46)82-55-48(65)43(26-34(3)78-55)63(11)22-20-42-30-64(62-60-42)44(29-59)50(74-13)40-18-16-39(17-19-40)41-21-25-83(71,72)31-41/h16-19,21,30,33-38,43-46,48-53,55,65-67,69-70H,15,20,22-29,31-32H2,1-14H3/b61-47+/t33-,34-,35+,36+,37-,38+,43+,44-,45-,46+,48-,49+,50-,51-,52+,53-,55+,56-,57-,58-/m1/s1. The van der Waals surface area contributed by atoms with Crippen molar-refractivity contribution in [2.24, 2.45) is 28.8 Å². The summed E-state index contributed by atoms with van der Waals surface area (Å²) in [7, 11) is 3.16. The highest BCUT2D eigenvalue weighted by Crippen LogP contribution is 2.42. The third kappa shape index (κ3) is 16.5. The number of nitrogens with zero attached hydrogens (tertiary/aromatic N) is 5. The molecule has 0 bridgehead atoms. The third-order valence-electron chi connectivity index (χ3n) is 17.4. The summed E-state index contributed by atoms with van der Waals surface area (Å²) >= 11 is 0. The first-order chi connectivity index (χ1) is 39.1. The predicted octanol–water partition coefficient (Wildman–Crippen LogP) is 4.12. The monoisotopic (exact) mass is 1200 g/mol. The number of rotatable bonds is 22. The van der Waals surface area contributed by atoms with Crippen molar-refractivity contribution in [3.05, 3.63) is 53.4 Å². The van der Waals surface area contributed by atoms with Crippen molar-refractivity contribution in [1.29, 1.82) is 0 Å². The van der Waals surface area contributed by atoms with Gasteiger partial charge in [0.05, 0.1) is 83.8 Å². The molecule has 3 fully saturated rings. The summed E-state index contributed by atoms with van der Waals surface area (Å²) < 4.78 is 95.4. The van der Waals surface area contributed by atoms with E-state index in [9.17, 15) is 43.1 Å². The number of cyclic esters (lactones) is 1. The zero-order chi connectivity index (χ0) is 61.4. The van der Waals surface area contributed by atoms with E-state index in [0.29, 0.717) is 37.3 Å². The number of methoxy groups -OCH3 is 3. The molecule has 0 unspecified atom stereocenters. The number of esters is 1. The second-order valence-corrected chi connectivity index (χ2v) is 26.1. The fourth-order valence-electron chi connectivity index (χ4n) is 12.4. The van der Waals surface area contributed by atoms with Gasteiger partial charge >= 0.3 is 5.97 Å². The number of aliphatic hydroxyl groups is 5. The first-order valence-electron chi connectivity index (χ1n) is 28.9. The average Bonchev–Trinajstić information content (AvgIpc) is 4.11. The molecular weight excluding hydrogens is 1110 g/mol. The van der Waals surface area contributed by atoms with Gasteiger partial charge in [0, 0.05) is 70.7 Å². The van der Waals surface area contributed by atoms with Crippen molar-refractivity contribution < 1.29 is 90.6 Å². The van der Waals surface area contributed by atoms with Crippen LogP contribution in [0.3, 0.4) is 0 Å². The largest absolute Gasteiger partial charge is 0.459 e. The van der Waals surface area contributed by atoms with Crippen molar-refractivity contribution in [2.45, 2.75) is 198 Å². The molecule has 0 aliphatic carbocycles. The van der Waals surface area contributed by atoms with Crippen LogP contribution in [-0.4, -0.2) is 223 Å². The van der Waals surface area contributed by atoms with Gasteiger partial charge in [-0.2, -0.15) is 0 Å². The van der Waals surface area contributed by atoms with E-state index in [0.717, 1.165) is 11.1 Å². The number of carbonyl (C=O) groups excluding carboxylic acids is 1. The van der Waals surface area contributed by atoms with Gasteiger partial charge in [-0.25, -0.2) is 17.5 Å². The molecule has 0 saturated carbocycles. The number of aromatic nitrogens is 3. The van der Waals surface area contributed by atoms with Gasteiger partial charge in [0.15, 0.2) is 22.4 Å². The maximum Gasteiger partial charge on any atom is 0.311 e. The van der Waals surface area contributed by atoms with Gasteiger partial charge in [0.1, 0.15) is 42.7 Å². The summed E-state index contributed by atoms with van der Waals surface area (Å²) in [6, 6.07) is 5.73. The lowest BCUT2D eigenvalue weighted by Crippen LogP contribution is -2.61. The number of sulfone groups is 1. The number of hydrogen-bond donors (Lipinski definition) is 5. The van der Waals surface area contributed by atoms with Crippen LogP contribution >= 0.6 is 0 Å². The summed E-state index contributed by atoms with van der Waals surface area (Å²) in [5.41, 5.74) is -2.10. The Labute approximate surface area is 488 Å². The molecule has 472 valence electrons. The highest BCUT2D eigenvalue weighted by Gasteiger charge is 2.54. The second kappa shape index (κ2) is 29.4. The minimum atomic E-state index is -3.17. The molecule has 0 spiro atoms. The van der Waals surface area contributed by atoms with Gasteiger partial charge in [-0.15, -0.1) is 5.10 Å². The third-order valence-corrected chi connectivity index (χ3v) is 18.9. The normalized spacial score (nSPS) is 37.9. The number of ether oxygens (including phenoxy) is 9. The first-order valence-corrected chi connectivity index (χ1v) is 30.7. The Hall–Kier alpha value is -3.64. The first kappa shape index (κ1) is 68.5. The van der Waals surface area contributed by atoms with Crippen molar-refractivity contribution in [2.75, 3.05) is 73.1 Å². The summed E-state index contributed by atoms with van der Waals surface area (Å²) in [4.78, 5) is 22.3. The molecule has 3 saturated heterocycles. The van der Waals surface area contributed by atoms with Crippen LogP contribution in [-0.2, 0) is 68.5 Å². The van der Waals surface area contributed by atoms with Crippen LogP contribution in [0.4, 0.5) is 4.39 Å². The van der Waals surface area contributed by atoms with E-state index in [1.807, 2.05) is 18.9 Å². The van der Waals surface area contributed by atoms with Crippen LogP contribution in [0.2, 0.25) is 0 Å². The maximum absolute atomic E-state index is 15.0. The van der Waals surface area contributed by atoms with E-state index in [1.165, 1.54) is 32.9 Å². The number of oxime groups is 1. The minimum Gasteiger partial charge on any atom is -0.459 e. The van der Waals surface area contributed by atoms with Gasteiger partial charge in [0.25, 0.3) is 0 Å². The summed E-state index contributed by atoms with van der Waals surface area (Å²) in [6.07, 6.45) is -8.02. The number of likely N-dealkylation sites (N-methyl/N-ethyl adjacent to an activating group) is 1. The second-order valence-electron chi connectivity index (χ2n) is 24.0. The molecule has 83 heavy (non-hydrogen) atoms. The van der Waals surface area contributed by atoms with Crippen molar-refractivity contribution in [1.82, 2.24) is 19.9 Å². The number of benzene rings is 1. The lowest BCUT2D eigenvalue weighted by molar-refractivity contribution is -0.318. The SMILES string of the molecule is CC[C@H]1OC(=O)[C@H](C)[C@@H](O[C@H]2C[C@@](C)(OC)[C@@H](O)[C@H](C)O2)[C@H](C)[C@@H](O[C@@H]2O[C@H](C)C[C@H](N(C)CCc3cn([C@H](CF)[C@H](OC)c4ccc(C5=CCS(=O)(=O)C5)cc4)nn3)[C@H]2O)[C@](C)(O)C[C@@H](C)/C(=N\OCOCCOC)[C@H](C)[C@@H](O)[C@]1(C)O. The number of aliphatic hydroxyl groups excluding tert-OH is 3. The average molecular weight is 1200 g/mol. The molecule has 2 aromatic rings. The molecule has 20 atom stereocenters. The van der Waals surface area contributed by atoms with Crippen LogP contribution in [0.25, 0.3) is 5.57 Å². The predicted molar refractivity (Wildman–Crippen MR) is 303 cm³/mol. The van der Waals surface area contributed by atoms with Crippen LogP contribution in [0, 0.1) is 23.7 Å². The molecule has 6 rings (SSSR count). The molecule has 1 aromatic heterocycles. The lowest BCUT2D eigenvalue weighted by atomic mass is 9.73. The number of halogens is 1. The van der Waals surface area contributed by atoms with Crippen LogP contribution in [0.1, 0.15) is 124 Å². The lowest BCUT2D eigenvalue weighted by Gasteiger charge is -2.49. The fourth-order valence-corrected chi connectivity index (χ4v) is 13.7. The smallest absolute Gasteiger partial charge is 0.311 e. The Morgan fingerprint density at radius 3 is 2.27 bits per heavy atom. The van der Waals surface area contributed by atoms with E-state index in [4.69, 9.17) is 47.5 Å². The highest BCUT2D eigenvalue weighted by atomic mass is 32.2. The zero-order valence-corrected chi connectivity index (χ0v) is 51.6. The van der Waals surface area contributed by atoms with Crippen LogP contribution < -0.4 is 0 Å². The summed E-state index contributed by atoms with van der Waals surface area (Å²) in [6.45, 7) is 16.4. The molecule has 23 nitrogen and oxygen atoms in total. The van der Waals surface area contributed by atoms with Gasteiger partial charge in [0.2, 0.25) is 6.79 Å². The minimum absolute atomic E-state index is 0.00461. The molecule has 4 aliphatic heterocycles. The number of alkyl halides is 1. The molecule has 25 heteroatoms.